The maximum atomic E-state index is 10.7. The van der Waals surface area contributed by atoms with Crippen LogP contribution in [0.25, 0.3) is 0 Å². The summed E-state index contributed by atoms with van der Waals surface area (Å²) in [5, 5.41) is 0. The second-order valence-electron chi connectivity index (χ2n) is 3.79. The summed E-state index contributed by atoms with van der Waals surface area (Å²) in [6.45, 7) is 0. The molecule has 0 atom stereocenters. The first-order chi connectivity index (χ1) is 7.81. The number of carbonyl (C=O) groups excluding carboxylic acids is 2. The third-order valence-electron chi connectivity index (χ3n) is 2.40. The molecular weight excluding hydrogens is 204 g/mol. The van der Waals surface area contributed by atoms with Crippen molar-refractivity contribution in [2.75, 3.05) is 7.11 Å². The smallest absolute Gasteiger partial charge is 0.330 e. The Bertz CT molecular complexity index is 209. The topological polar surface area (TPSA) is 43.4 Å². The van der Waals surface area contributed by atoms with Crippen molar-refractivity contribution in [3.05, 3.63) is 12.2 Å². The average Bonchev–Trinajstić information content (AvgIpc) is 2.31. The first kappa shape index (κ1) is 14.9. The SMILES string of the molecule is COC(=O)/C=C\CCCCCCCCC=O. The molecule has 0 aromatic rings. The van der Waals surface area contributed by atoms with Crippen molar-refractivity contribution in [2.45, 2.75) is 51.4 Å². The molecule has 0 heterocycles. The van der Waals surface area contributed by atoms with Crippen LogP contribution in [0, 0.1) is 0 Å². The van der Waals surface area contributed by atoms with E-state index in [2.05, 4.69) is 4.74 Å². The Kier molecular flexibility index (Phi) is 11.1. The van der Waals surface area contributed by atoms with Crippen LogP contribution in [0.4, 0.5) is 0 Å². The lowest BCUT2D eigenvalue weighted by molar-refractivity contribution is -0.134. The minimum absolute atomic E-state index is 0.283. The fourth-order valence-corrected chi connectivity index (χ4v) is 1.44. The standard InChI is InChI=1S/C13H22O3/c1-16-13(15)11-9-7-5-3-2-4-6-8-10-12-14/h9,11-12H,2-8,10H2,1H3/b11-9-. The molecule has 0 aliphatic heterocycles. The van der Waals surface area contributed by atoms with E-state index in [-0.39, 0.29) is 5.97 Å². The number of carbonyl (C=O) groups is 2. The molecule has 0 N–H and O–H groups in total. The maximum Gasteiger partial charge on any atom is 0.330 e. The van der Waals surface area contributed by atoms with E-state index < -0.39 is 0 Å². The molecule has 0 radical (unpaired) electrons. The largest absolute Gasteiger partial charge is 0.466 e. The Hall–Kier alpha value is -1.12. The molecule has 0 aromatic heterocycles. The van der Waals surface area contributed by atoms with Gasteiger partial charge < -0.3 is 9.53 Å². The first-order valence-corrected chi connectivity index (χ1v) is 5.99. The van der Waals surface area contributed by atoms with Gasteiger partial charge in [-0.25, -0.2) is 4.79 Å². The molecule has 0 fully saturated rings. The number of allylic oxidation sites excluding steroid dienone is 1. The number of esters is 1. The summed E-state index contributed by atoms with van der Waals surface area (Å²) in [6, 6.07) is 0. The molecule has 0 aromatic carbocycles. The van der Waals surface area contributed by atoms with Crippen LogP contribution in [-0.4, -0.2) is 19.4 Å². The van der Waals surface area contributed by atoms with E-state index in [1.165, 1.54) is 32.4 Å². The Balaban J connectivity index is 3.12. The molecular formula is C13H22O3. The van der Waals surface area contributed by atoms with Crippen molar-refractivity contribution in [1.29, 1.82) is 0 Å². The molecule has 0 unspecified atom stereocenters. The minimum atomic E-state index is -0.283. The van der Waals surface area contributed by atoms with Gasteiger partial charge in [-0.15, -0.1) is 0 Å². The van der Waals surface area contributed by atoms with Crippen molar-refractivity contribution in [2.24, 2.45) is 0 Å². The molecule has 92 valence electrons. The van der Waals surface area contributed by atoms with Crippen LogP contribution in [0.5, 0.6) is 0 Å². The van der Waals surface area contributed by atoms with Gasteiger partial charge >= 0.3 is 5.97 Å². The fourth-order valence-electron chi connectivity index (χ4n) is 1.44. The van der Waals surface area contributed by atoms with Gasteiger partial charge in [0.25, 0.3) is 0 Å². The van der Waals surface area contributed by atoms with E-state index in [1.54, 1.807) is 0 Å². The molecule has 3 heteroatoms. The average molecular weight is 226 g/mol. The van der Waals surface area contributed by atoms with Crippen molar-refractivity contribution in [3.8, 4) is 0 Å². The number of aldehydes is 1. The predicted molar refractivity (Wildman–Crippen MR) is 64.2 cm³/mol. The number of ether oxygens (including phenoxy) is 1. The zero-order chi connectivity index (χ0) is 12.1. The van der Waals surface area contributed by atoms with Crippen molar-refractivity contribution in [3.63, 3.8) is 0 Å². The lowest BCUT2D eigenvalue weighted by Crippen LogP contribution is -1.93. The lowest BCUT2D eigenvalue weighted by Gasteiger charge is -1.98. The van der Waals surface area contributed by atoms with Crippen LogP contribution in [0.3, 0.4) is 0 Å². The molecule has 0 aliphatic rings. The number of rotatable bonds is 10. The van der Waals surface area contributed by atoms with Crippen LogP contribution in [0.2, 0.25) is 0 Å². The van der Waals surface area contributed by atoms with Gasteiger partial charge in [0.2, 0.25) is 0 Å². The van der Waals surface area contributed by atoms with Gasteiger partial charge in [0.15, 0.2) is 0 Å². The number of hydrogen-bond acceptors (Lipinski definition) is 3. The highest BCUT2D eigenvalue weighted by Gasteiger charge is 1.92. The van der Waals surface area contributed by atoms with Gasteiger partial charge in [-0.3, -0.25) is 0 Å². The van der Waals surface area contributed by atoms with Crippen LogP contribution >= 0.6 is 0 Å². The van der Waals surface area contributed by atoms with E-state index in [0.717, 1.165) is 32.0 Å². The Labute approximate surface area is 97.9 Å². The third kappa shape index (κ3) is 11.0. The Morgan fingerprint density at radius 1 is 1.00 bits per heavy atom. The third-order valence-corrected chi connectivity index (χ3v) is 2.40. The van der Waals surface area contributed by atoms with Gasteiger partial charge in [0.05, 0.1) is 7.11 Å². The van der Waals surface area contributed by atoms with Crippen molar-refractivity contribution >= 4 is 12.3 Å². The minimum Gasteiger partial charge on any atom is -0.466 e. The highest BCUT2D eigenvalue weighted by atomic mass is 16.5. The molecule has 0 bridgehead atoms. The van der Waals surface area contributed by atoms with E-state index in [9.17, 15) is 9.59 Å². The van der Waals surface area contributed by atoms with Crippen LogP contribution in [0.1, 0.15) is 51.4 Å². The molecule has 0 aliphatic carbocycles. The number of hydrogen-bond donors (Lipinski definition) is 0. The molecule has 3 nitrogen and oxygen atoms in total. The first-order valence-electron chi connectivity index (χ1n) is 5.99. The molecule has 0 saturated carbocycles. The monoisotopic (exact) mass is 226 g/mol. The predicted octanol–water partition coefficient (Wildman–Crippen LogP) is 3.04. The zero-order valence-electron chi connectivity index (χ0n) is 10.1. The van der Waals surface area contributed by atoms with Gasteiger partial charge in [0, 0.05) is 12.5 Å². The summed E-state index contributed by atoms with van der Waals surface area (Å²) < 4.78 is 4.48. The van der Waals surface area contributed by atoms with Gasteiger partial charge in [-0.05, 0) is 19.3 Å². The van der Waals surface area contributed by atoms with Gasteiger partial charge in [-0.1, -0.05) is 31.8 Å². The van der Waals surface area contributed by atoms with Crippen LogP contribution in [0.15, 0.2) is 12.2 Å². The van der Waals surface area contributed by atoms with E-state index in [4.69, 9.17) is 0 Å². The van der Waals surface area contributed by atoms with Gasteiger partial charge in [0.1, 0.15) is 6.29 Å². The zero-order valence-corrected chi connectivity index (χ0v) is 10.1. The molecule has 0 spiro atoms. The normalized spacial score (nSPS) is 10.6. The lowest BCUT2D eigenvalue weighted by atomic mass is 10.1. The summed E-state index contributed by atoms with van der Waals surface area (Å²) in [6.07, 6.45) is 12.8. The van der Waals surface area contributed by atoms with Crippen LogP contribution in [-0.2, 0) is 14.3 Å². The van der Waals surface area contributed by atoms with Crippen molar-refractivity contribution < 1.29 is 14.3 Å². The summed E-state index contributed by atoms with van der Waals surface area (Å²) in [7, 11) is 1.38. The molecule has 16 heavy (non-hydrogen) atoms. The summed E-state index contributed by atoms with van der Waals surface area (Å²) >= 11 is 0. The second kappa shape index (κ2) is 12.0. The summed E-state index contributed by atoms with van der Waals surface area (Å²) in [5.41, 5.74) is 0. The second-order valence-corrected chi connectivity index (χ2v) is 3.79. The number of unbranched alkanes of at least 4 members (excludes halogenated alkanes) is 7. The maximum absolute atomic E-state index is 10.7. The quantitative estimate of drug-likeness (QED) is 0.249. The highest BCUT2D eigenvalue weighted by molar-refractivity contribution is 5.81. The molecule has 0 amide bonds. The van der Waals surface area contributed by atoms with Crippen LogP contribution < -0.4 is 0 Å². The van der Waals surface area contributed by atoms with E-state index in [0.29, 0.717) is 6.42 Å². The number of methoxy groups -OCH3 is 1. The highest BCUT2D eigenvalue weighted by Crippen LogP contribution is 2.08. The van der Waals surface area contributed by atoms with Crippen molar-refractivity contribution in [1.82, 2.24) is 0 Å². The summed E-state index contributed by atoms with van der Waals surface area (Å²) in [4.78, 5) is 20.8. The fraction of sp³-hybridized carbons (Fsp3) is 0.692. The molecule has 0 saturated heterocycles. The Morgan fingerprint density at radius 2 is 1.56 bits per heavy atom. The van der Waals surface area contributed by atoms with E-state index in [1.807, 2.05) is 6.08 Å². The Morgan fingerprint density at radius 3 is 2.12 bits per heavy atom. The van der Waals surface area contributed by atoms with Gasteiger partial charge in [-0.2, -0.15) is 0 Å². The van der Waals surface area contributed by atoms with E-state index >= 15 is 0 Å². The summed E-state index contributed by atoms with van der Waals surface area (Å²) in [5.74, 6) is -0.283. The molecule has 0 rings (SSSR count).